The average molecular weight is 270 g/mol. The second-order valence-electron chi connectivity index (χ2n) is 3.78. The Labute approximate surface area is 99.2 Å². The Morgan fingerprint density at radius 2 is 2.13 bits per heavy atom. The summed E-state index contributed by atoms with van der Waals surface area (Å²) in [4.78, 5) is 11.2. The zero-order valence-electron chi connectivity index (χ0n) is 9.30. The fourth-order valence-electron chi connectivity index (χ4n) is 1.58. The van der Waals surface area contributed by atoms with Crippen LogP contribution in [0, 0.1) is 13.8 Å². The lowest BCUT2D eigenvalue weighted by atomic mass is 10.00. The molecule has 0 saturated carbocycles. The second kappa shape index (κ2) is 5.31. The standard InChI is InChI=1S/C12H16BrNO/c1-8-4-5-9(2)11(6-8)10(3)14-12(15)7-13/h4-6,10H,7H2,1-3H3,(H,14,15). The first-order valence-electron chi connectivity index (χ1n) is 4.97. The molecule has 1 rings (SSSR count). The Bertz CT molecular complexity index is 363. The fraction of sp³-hybridized carbons (Fsp3) is 0.417. The van der Waals surface area contributed by atoms with E-state index in [0.29, 0.717) is 5.33 Å². The lowest BCUT2D eigenvalue weighted by molar-refractivity contribution is -0.119. The van der Waals surface area contributed by atoms with Gasteiger partial charge in [0.2, 0.25) is 5.91 Å². The number of rotatable bonds is 3. The van der Waals surface area contributed by atoms with Crippen molar-refractivity contribution in [2.45, 2.75) is 26.8 Å². The number of carbonyl (C=O) groups is 1. The SMILES string of the molecule is Cc1ccc(C)c(C(C)NC(=O)CBr)c1. The van der Waals surface area contributed by atoms with E-state index in [2.05, 4.69) is 53.3 Å². The third-order valence-electron chi connectivity index (χ3n) is 2.40. The van der Waals surface area contributed by atoms with Gasteiger partial charge in [-0.3, -0.25) is 4.79 Å². The predicted molar refractivity (Wildman–Crippen MR) is 66.3 cm³/mol. The van der Waals surface area contributed by atoms with E-state index < -0.39 is 0 Å². The van der Waals surface area contributed by atoms with Gasteiger partial charge < -0.3 is 5.32 Å². The van der Waals surface area contributed by atoms with Crippen LogP contribution in [0.25, 0.3) is 0 Å². The Morgan fingerprint density at radius 3 is 2.73 bits per heavy atom. The predicted octanol–water partition coefficient (Wildman–Crippen LogP) is 2.88. The molecule has 1 atom stereocenters. The van der Waals surface area contributed by atoms with Gasteiger partial charge in [0.05, 0.1) is 11.4 Å². The van der Waals surface area contributed by atoms with Crippen LogP contribution >= 0.6 is 15.9 Å². The fourth-order valence-corrected chi connectivity index (χ4v) is 1.75. The van der Waals surface area contributed by atoms with Crippen LogP contribution in [-0.4, -0.2) is 11.2 Å². The number of carbonyl (C=O) groups excluding carboxylic acids is 1. The number of halogens is 1. The van der Waals surface area contributed by atoms with Crippen molar-refractivity contribution >= 4 is 21.8 Å². The Morgan fingerprint density at radius 1 is 1.47 bits per heavy atom. The number of hydrogen-bond acceptors (Lipinski definition) is 1. The molecule has 1 aromatic carbocycles. The maximum absolute atomic E-state index is 11.2. The van der Waals surface area contributed by atoms with E-state index in [0.717, 1.165) is 0 Å². The smallest absolute Gasteiger partial charge is 0.231 e. The number of alkyl halides is 1. The van der Waals surface area contributed by atoms with Crippen LogP contribution in [0.2, 0.25) is 0 Å². The summed E-state index contributed by atoms with van der Waals surface area (Å²) in [6.07, 6.45) is 0. The molecule has 1 aromatic rings. The summed E-state index contributed by atoms with van der Waals surface area (Å²) < 4.78 is 0. The van der Waals surface area contributed by atoms with Crippen LogP contribution in [0.3, 0.4) is 0 Å². The molecule has 1 unspecified atom stereocenters. The minimum Gasteiger partial charge on any atom is -0.349 e. The van der Waals surface area contributed by atoms with Crippen LogP contribution < -0.4 is 5.32 Å². The lowest BCUT2D eigenvalue weighted by Gasteiger charge is -2.16. The van der Waals surface area contributed by atoms with Gasteiger partial charge >= 0.3 is 0 Å². The molecule has 0 aliphatic carbocycles. The molecule has 1 amide bonds. The summed E-state index contributed by atoms with van der Waals surface area (Å²) in [5.41, 5.74) is 3.61. The molecule has 0 saturated heterocycles. The maximum Gasteiger partial charge on any atom is 0.231 e. The zero-order valence-corrected chi connectivity index (χ0v) is 10.9. The summed E-state index contributed by atoms with van der Waals surface area (Å²) in [6.45, 7) is 6.12. The maximum atomic E-state index is 11.2. The molecule has 15 heavy (non-hydrogen) atoms. The number of amides is 1. The van der Waals surface area contributed by atoms with Crippen molar-refractivity contribution in [3.63, 3.8) is 0 Å². The van der Waals surface area contributed by atoms with E-state index in [4.69, 9.17) is 0 Å². The number of aryl methyl sites for hydroxylation is 2. The van der Waals surface area contributed by atoms with E-state index in [1.807, 2.05) is 6.92 Å². The first-order valence-corrected chi connectivity index (χ1v) is 6.09. The molecule has 0 aliphatic rings. The molecular weight excluding hydrogens is 254 g/mol. The third kappa shape index (κ3) is 3.34. The third-order valence-corrected chi connectivity index (χ3v) is 2.91. The monoisotopic (exact) mass is 269 g/mol. The number of benzene rings is 1. The van der Waals surface area contributed by atoms with Crippen molar-refractivity contribution in [3.05, 3.63) is 34.9 Å². The topological polar surface area (TPSA) is 29.1 Å². The van der Waals surface area contributed by atoms with Crippen molar-refractivity contribution in [3.8, 4) is 0 Å². The molecule has 1 N–H and O–H groups in total. The minimum absolute atomic E-state index is 0.0170. The van der Waals surface area contributed by atoms with Crippen molar-refractivity contribution in [1.29, 1.82) is 0 Å². The van der Waals surface area contributed by atoms with Gasteiger partial charge in [0.15, 0.2) is 0 Å². The normalized spacial score (nSPS) is 12.3. The highest BCUT2D eigenvalue weighted by molar-refractivity contribution is 9.09. The Kier molecular flexibility index (Phi) is 4.33. The highest BCUT2D eigenvalue weighted by Gasteiger charge is 2.10. The van der Waals surface area contributed by atoms with E-state index in [-0.39, 0.29) is 11.9 Å². The van der Waals surface area contributed by atoms with Gasteiger partial charge in [0.25, 0.3) is 0 Å². The van der Waals surface area contributed by atoms with Crippen molar-refractivity contribution in [1.82, 2.24) is 5.32 Å². The minimum atomic E-state index is 0.0170. The lowest BCUT2D eigenvalue weighted by Crippen LogP contribution is -2.27. The molecule has 0 radical (unpaired) electrons. The Balaban J connectivity index is 2.85. The Hall–Kier alpha value is -0.830. The molecule has 0 aliphatic heterocycles. The molecule has 2 nitrogen and oxygen atoms in total. The summed E-state index contributed by atoms with van der Waals surface area (Å²) in [5.74, 6) is 0.0170. The first-order chi connectivity index (χ1) is 7.04. The zero-order chi connectivity index (χ0) is 11.4. The highest BCUT2D eigenvalue weighted by atomic mass is 79.9. The van der Waals surface area contributed by atoms with Gasteiger partial charge in [-0.2, -0.15) is 0 Å². The van der Waals surface area contributed by atoms with E-state index in [1.54, 1.807) is 0 Å². The number of hydrogen-bond donors (Lipinski definition) is 1. The van der Waals surface area contributed by atoms with Crippen LogP contribution in [0.1, 0.15) is 29.7 Å². The largest absolute Gasteiger partial charge is 0.349 e. The molecule has 0 aromatic heterocycles. The van der Waals surface area contributed by atoms with Gasteiger partial charge in [-0.1, -0.05) is 39.7 Å². The molecule has 0 spiro atoms. The second-order valence-corrected chi connectivity index (χ2v) is 4.34. The summed E-state index contributed by atoms with van der Waals surface area (Å²) in [6, 6.07) is 6.35. The molecule has 0 fully saturated rings. The summed E-state index contributed by atoms with van der Waals surface area (Å²) >= 11 is 3.14. The van der Waals surface area contributed by atoms with Crippen molar-refractivity contribution in [2.75, 3.05) is 5.33 Å². The van der Waals surface area contributed by atoms with Gasteiger partial charge in [0.1, 0.15) is 0 Å². The molecular formula is C12H16BrNO. The number of nitrogens with one attached hydrogen (secondary N) is 1. The van der Waals surface area contributed by atoms with Gasteiger partial charge in [-0.05, 0) is 31.9 Å². The molecule has 0 heterocycles. The van der Waals surface area contributed by atoms with Gasteiger partial charge in [-0.15, -0.1) is 0 Å². The van der Waals surface area contributed by atoms with Crippen LogP contribution in [0.4, 0.5) is 0 Å². The average Bonchev–Trinajstić information content (AvgIpc) is 2.21. The van der Waals surface area contributed by atoms with E-state index in [1.165, 1.54) is 16.7 Å². The molecule has 82 valence electrons. The quantitative estimate of drug-likeness (QED) is 0.841. The van der Waals surface area contributed by atoms with Crippen LogP contribution in [0.15, 0.2) is 18.2 Å². The van der Waals surface area contributed by atoms with E-state index in [9.17, 15) is 4.79 Å². The summed E-state index contributed by atoms with van der Waals surface area (Å²) in [7, 11) is 0. The van der Waals surface area contributed by atoms with E-state index >= 15 is 0 Å². The van der Waals surface area contributed by atoms with Gasteiger partial charge in [0, 0.05) is 0 Å². The van der Waals surface area contributed by atoms with Crippen molar-refractivity contribution < 1.29 is 4.79 Å². The van der Waals surface area contributed by atoms with Crippen molar-refractivity contribution in [2.24, 2.45) is 0 Å². The molecule has 3 heteroatoms. The highest BCUT2D eigenvalue weighted by Crippen LogP contribution is 2.18. The first kappa shape index (κ1) is 12.2. The van der Waals surface area contributed by atoms with Crippen LogP contribution in [-0.2, 0) is 4.79 Å². The van der Waals surface area contributed by atoms with Gasteiger partial charge in [-0.25, -0.2) is 0 Å². The molecule has 0 bridgehead atoms. The van der Waals surface area contributed by atoms with Crippen LogP contribution in [0.5, 0.6) is 0 Å². The summed E-state index contributed by atoms with van der Waals surface area (Å²) in [5, 5.41) is 3.28.